The van der Waals surface area contributed by atoms with Crippen molar-refractivity contribution in [2.45, 2.75) is 6.42 Å². The van der Waals surface area contributed by atoms with Crippen LogP contribution in [-0.4, -0.2) is 36.9 Å². The third-order valence-corrected chi connectivity index (χ3v) is 1.47. The molecule has 0 spiro atoms. The van der Waals surface area contributed by atoms with Crippen LogP contribution in [0.5, 0.6) is 0 Å². The van der Waals surface area contributed by atoms with Gasteiger partial charge in [-0.05, 0) is 0 Å². The molecule has 0 radical (unpaired) electrons. The number of ether oxygens (including phenoxy) is 2. The molecule has 0 aliphatic carbocycles. The number of hydrogen-bond donors (Lipinski definition) is 1. The summed E-state index contributed by atoms with van der Waals surface area (Å²) in [4.78, 5) is 7.07. The van der Waals surface area contributed by atoms with Crippen LogP contribution in [0.1, 0.15) is 5.82 Å². The fourth-order valence-electron chi connectivity index (χ4n) is 0.848. The van der Waals surface area contributed by atoms with Crippen molar-refractivity contribution < 1.29 is 9.47 Å². The first kappa shape index (κ1) is 9.22. The van der Waals surface area contributed by atoms with Crippen LogP contribution in [0.4, 0.5) is 0 Å². The second kappa shape index (κ2) is 5.74. The Kier molecular flexibility index (Phi) is 4.41. The van der Waals surface area contributed by atoms with E-state index in [9.17, 15) is 0 Å². The molecule has 1 aromatic rings. The van der Waals surface area contributed by atoms with Crippen LogP contribution in [-0.2, 0) is 15.9 Å². The lowest BCUT2D eigenvalue weighted by molar-refractivity contribution is 0.0717. The van der Waals surface area contributed by atoms with Gasteiger partial charge in [0.1, 0.15) is 5.82 Å². The van der Waals surface area contributed by atoms with E-state index in [4.69, 9.17) is 9.47 Å². The minimum atomic E-state index is 0.650. The second-order valence-corrected chi connectivity index (χ2v) is 2.39. The number of rotatable bonds is 6. The highest BCUT2D eigenvalue weighted by atomic mass is 16.5. The summed E-state index contributed by atoms with van der Waals surface area (Å²) < 4.78 is 10.1. The number of nitrogens with zero attached hydrogens (tertiary/aromatic N) is 1. The molecule has 0 unspecified atom stereocenters. The molecule has 0 aliphatic heterocycles. The molecular weight excluding hydrogens is 156 g/mol. The van der Waals surface area contributed by atoms with Crippen molar-refractivity contribution in [2.75, 3.05) is 26.9 Å². The predicted molar refractivity (Wildman–Crippen MR) is 45.0 cm³/mol. The van der Waals surface area contributed by atoms with Crippen LogP contribution in [0.25, 0.3) is 0 Å². The molecule has 68 valence electrons. The highest BCUT2D eigenvalue weighted by Crippen LogP contribution is 1.90. The molecule has 1 heterocycles. The van der Waals surface area contributed by atoms with Crippen molar-refractivity contribution in [3.63, 3.8) is 0 Å². The predicted octanol–water partition coefficient (Wildman–Crippen LogP) is 0.615. The zero-order valence-electron chi connectivity index (χ0n) is 7.25. The summed E-state index contributed by atoms with van der Waals surface area (Å²) >= 11 is 0. The largest absolute Gasteiger partial charge is 0.382 e. The molecule has 0 fully saturated rings. The van der Waals surface area contributed by atoms with Crippen LogP contribution in [0.2, 0.25) is 0 Å². The molecule has 0 atom stereocenters. The summed E-state index contributed by atoms with van der Waals surface area (Å²) in [6.45, 7) is 1.99. The molecule has 1 rings (SSSR count). The molecule has 0 saturated heterocycles. The molecule has 0 bridgehead atoms. The summed E-state index contributed by atoms with van der Waals surface area (Å²) in [6.07, 6.45) is 4.38. The highest BCUT2D eigenvalue weighted by molar-refractivity contribution is 4.86. The Morgan fingerprint density at radius 1 is 1.42 bits per heavy atom. The summed E-state index contributed by atoms with van der Waals surface area (Å²) in [5.74, 6) is 0.965. The minimum absolute atomic E-state index is 0.650. The molecule has 0 aromatic carbocycles. The monoisotopic (exact) mass is 170 g/mol. The molecule has 1 N–H and O–H groups in total. The lowest BCUT2D eigenvalue weighted by Crippen LogP contribution is -2.05. The van der Waals surface area contributed by atoms with Crippen LogP contribution in [0, 0.1) is 0 Å². The molecule has 4 heteroatoms. The minimum Gasteiger partial charge on any atom is -0.382 e. The van der Waals surface area contributed by atoms with E-state index < -0.39 is 0 Å². The van der Waals surface area contributed by atoms with E-state index in [1.165, 1.54) is 0 Å². The average Bonchev–Trinajstić information content (AvgIpc) is 2.57. The number of hydrogen-bond acceptors (Lipinski definition) is 3. The first-order valence-corrected chi connectivity index (χ1v) is 3.98. The van der Waals surface area contributed by atoms with E-state index in [2.05, 4.69) is 9.97 Å². The van der Waals surface area contributed by atoms with Gasteiger partial charge in [-0.15, -0.1) is 0 Å². The lowest BCUT2D eigenvalue weighted by atomic mass is 10.4. The Balaban J connectivity index is 1.96. The van der Waals surface area contributed by atoms with E-state index in [-0.39, 0.29) is 0 Å². The van der Waals surface area contributed by atoms with Crippen molar-refractivity contribution in [3.05, 3.63) is 18.2 Å². The van der Waals surface area contributed by atoms with Crippen molar-refractivity contribution in [1.82, 2.24) is 9.97 Å². The lowest BCUT2D eigenvalue weighted by Gasteiger charge is -2.00. The molecule has 4 nitrogen and oxygen atoms in total. The maximum Gasteiger partial charge on any atom is 0.108 e. The maximum absolute atomic E-state index is 5.26. The smallest absolute Gasteiger partial charge is 0.108 e. The zero-order chi connectivity index (χ0) is 8.65. The third kappa shape index (κ3) is 3.50. The van der Waals surface area contributed by atoms with Crippen LogP contribution in [0.3, 0.4) is 0 Å². The Morgan fingerprint density at radius 3 is 3.00 bits per heavy atom. The SMILES string of the molecule is COCCOCCc1ncc[nH]1. The first-order chi connectivity index (χ1) is 5.93. The van der Waals surface area contributed by atoms with Crippen molar-refractivity contribution in [2.24, 2.45) is 0 Å². The number of aromatic nitrogens is 2. The first-order valence-electron chi connectivity index (χ1n) is 3.98. The van der Waals surface area contributed by atoms with Gasteiger partial charge >= 0.3 is 0 Å². The summed E-state index contributed by atoms with van der Waals surface area (Å²) in [6, 6.07) is 0. The van der Waals surface area contributed by atoms with Gasteiger partial charge in [0, 0.05) is 25.9 Å². The normalized spacial score (nSPS) is 10.4. The topological polar surface area (TPSA) is 47.1 Å². The molecule has 0 aliphatic rings. The molecular formula is C8H14N2O2. The second-order valence-electron chi connectivity index (χ2n) is 2.39. The Bertz CT molecular complexity index is 187. The molecule has 0 saturated carbocycles. The highest BCUT2D eigenvalue weighted by Gasteiger charge is 1.93. The molecule has 12 heavy (non-hydrogen) atoms. The van der Waals surface area contributed by atoms with E-state index >= 15 is 0 Å². The standard InChI is InChI=1S/C8H14N2O2/c1-11-6-7-12-5-2-8-9-3-4-10-8/h3-4H,2,5-7H2,1H3,(H,9,10). The van der Waals surface area contributed by atoms with E-state index in [0.29, 0.717) is 19.8 Å². The van der Waals surface area contributed by atoms with Gasteiger partial charge in [0.15, 0.2) is 0 Å². The van der Waals surface area contributed by atoms with Crippen molar-refractivity contribution >= 4 is 0 Å². The molecule has 1 aromatic heterocycles. The van der Waals surface area contributed by atoms with Crippen LogP contribution in [0.15, 0.2) is 12.4 Å². The van der Waals surface area contributed by atoms with E-state index in [1.54, 1.807) is 13.3 Å². The van der Waals surface area contributed by atoms with Gasteiger partial charge in [-0.1, -0.05) is 0 Å². The number of aromatic amines is 1. The maximum atomic E-state index is 5.26. The van der Waals surface area contributed by atoms with Gasteiger partial charge in [0.05, 0.1) is 19.8 Å². The summed E-state index contributed by atoms with van der Waals surface area (Å²) in [5.41, 5.74) is 0. The number of H-pyrrole nitrogens is 1. The number of imidazole rings is 1. The Hall–Kier alpha value is -0.870. The Morgan fingerprint density at radius 2 is 2.33 bits per heavy atom. The average molecular weight is 170 g/mol. The fraction of sp³-hybridized carbons (Fsp3) is 0.625. The third-order valence-electron chi connectivity index (χ3n) is 1.47. The number of methoxy groups -OCH3 is 1. The van der Waals surface area contributed by atoms with Gasteiger partial charge in [0.2, 0.25) is 0 Å². The van der Waals surface area contributed by atoms with Crippen molar-refractivity contribution in [3.8, 4) is 0 Å². The number of nitrogens with one attached hydrogen (secondary N) is 1. The van der Waals surface area contributed by atoms with E-state index in [0.717, 1.165) is 12.2 Å². The molecule has 0 amide bonds. The van der Waals surface area contributed by atoms with Crippen LogP contribution < -0.4 is 0 Å². The van der Waals surface area contributed by atoms with Gasteiger partial charge in [0.25, 0.3) is 0 Å². The van der Waals surface area contributed by atoms with Gasteiger partial charge in [-0.3, -0.25) is 0 Å². The summed E-state index contributed by atoms with van der Waals surface area (Å²) in [5, 5.41) is 0. The quantitative estimate of drug-likeness (QED) is 0.636. The van der Waals surface area contributed by atoms with Crippen molar-refractivity contribution in [1.29, 1.82) is 0 Å². The summed E-state index contributed by atoms with van der Waals surface area (Å²) in [7, 11) is 1.66. The Labute approximate surface area is 71.9 Å². The van der Waals surface area contributed by atoms with Gasteiger partial charge in [-0.25, -0.2) is 4.98 Å². The fourth-order valence-corrected chi connectivity index (χ4v) is 0.848. The van der Waals surface area contributed by atoms with E-state index in [1.807, 2.05) is 6.20 Å². The van der Waals surface area contributed by atoms with Crippen LogP contribution >= 0.6 is 0 Å². The zero-order valence-corrected chi connectivity index (χ0v) is 7.25. The van der Waals surface area contributed by atoms with Gasteiger partial charge in [-0.2, -0.15) is 0 Å². The van der Waals surface area contributed by atoms with Gasteiger partial charge < -0.3 is 14.5 Å².